The van der Waals surface area contributed by atoms with Gasteiger partial charge in [-0.15, -0.1) is 0 Å². The lowest BCUT2D eigenvalue weighted by molar-refractivity contribution is 0.102. The lowest BCUT2D eigenvalue weighted by atomic mass is 9.79. The highest BCUT2D eigenvalue weighted by Crippen LogP contribution is 2.09. The van der Waals surface area contributed by atoms with Crippen LogP contribution in [0.5, 0.6) is 0 Å². The second kappa shape index (κ2) is 5.64. The van der Waals surface area contributed by atoms with Crippen LogP contribution in [-0.2, 0) is 0 Å². The number of rotatable bonds is 3. The van der Waals surface area contributed by atoms with Gasteiger partial charge in [-0.1, -0.05) is 24.3 Å². The Morgan fingerprint density at radius 2 is 1.79 bits per heavy atom. The fraction of sp³-hybridized carbons (Fsp3) is 0. The molecule has 0 unspecified atom stereocenters. The Kier molecular flexibility index (Phi) is 3.94. The van der Waals surface area contributed by atoms with Gasteiger partial charge in [0.1, 0.15) is 5.82 Å². The molecule has 0 saturated carbocycles. The Balaban J connectivity index is 2.18. The molecule has 0 bridgehead atoms. The van der Waals surface area contributed by atoms with Crippen LogP contribution in [0.25, 0.3) is 0 Å². The number of benzene rings is 2. The van der Waals surface area contributed by atoms with Gasteiger partial charge >= 0.3 is 7.12 Å². The quantitative estimate of drug-likeness (QED) is 0.712. The van der Waals surface area contributed by atoms with Gasteiger partial charge in [0, 0.05) is 16.7 Å². The molecule has 0 aliphatic heterocycles. The molecular weight excluding hydrogens is 248 g/mol. The number of hydrogen-bond acceptors (Lipinski definition) is 3. The van der Waals surface area contributed by atoms with Gasteiger partial charge in [0.05, 0.1) is 0 Å². The van der Waals surface area contributed by atoms with E-state index in [4.69, 9.17) is 10.0 Å². The minimum Gasteiger partial charge on any atom is -0.423 e. The molecule has 2 rings (SSSR count). The molecule has 96 valence electrons. The van der Waals surface area contributed by atoms with Crippen LogP contribution < -0.4 is 10.8 Å². The van der Waals surface area contributed by atoms with Crippen molar-refractivity contribution >= 4 is 24.2 Å². The van der Waals surface area contributed by atoms with E-state index >= 15 is 0 Å². The fourth-order valence-corrected chi connectivity index (χ4v) is 1.60. The normalized spacial score (nSPS) is 10.1. The van der Waals surface area contributed by atoms with Crippen LogP contribution in [0.15, 0.2) is 48.5 Å². The maximum Gasteiger partial charge on any atom is 0.491 e. The van der Waals surface area contributed by atoms with Crippen molar-refractivity contribution in [1.29, 1.82) is 0 Å². The molecule has 0 saturated heterocycles. The minimum absolute atomic E-state index is 0.103. The van der Waals surface area contributed by atoms with Crippen LogP contribution >= 0.6 is 0 Å². The smallest absolute Gasteiger partial charge is 0.423 e. The summed E-state index contributed by atoms with van der Waals surface area (Å²) in [6, 6.07) is 12.2. The molecule has 0 aliphatic carbocycles. The molecule has 0 aromatic heterocycles. The van der Waals surface area contributed by atoms with E-state index in [1.807, 2.05) is 6.07 Å². The van der Waals surface area contributed by atoms with Crippen LogP contribution in [0.2, 0.25) is 0 Å². The van der Waals surface area contributed by atoms with E-state index in [2.05, 4.69) is 5.32 Å². The Morgan fingerprint density at radius 3 is 2.37 bits per heavy atom. The van der Waals surface area contributed by atoms with E-state index in [1.165, 1.54) is 12.1 Å². The number of nitrogens with one attached hydrogen (secondary N) is 1. The van der Waals surface area contributed by atoms with E-state index in [1.54, 1.807) is 24.3 Å². The van der Waals surface area contributed by atoms with Gasteiger partial charge in [0.15, 0.2) is 0 Å². The predicted molar refractivity (Wildman–Crippen MR) is 70.6 cm³/mol. The highest BCUT2D eigenvalue weighted by Gasteiger charge is 2.18. The van der Waals surface area contributed by atoms with Crippen molar-refractivity contribution in [2.45, 2.75) is 0 Å². The molecule has 2 aromatic carbocycles. The van der Waals surface area contributed by atoms with Crippen molar-refractivity contribution in [2.75, 3.05) is 5.32 Å². The maximum absolute atomic E-state index is 13.5. The number of hydrogen-bond donors (Lipinski definition) is 3. The highest BCUT2D eigenvalue weighted by molar-refractivity contribution is 6.58. The van der Waals surface area contributed by atoms with Gasteiger partial charge in [-0.25, -0.2) is 4.39 Å². The number of amides is 1. The molecule has 0 fully saturated rings. The molecule has 0 atom stereocenters. The van der Waals surface area contributed by atoms with Crippen molar-refractivity contribution < 1.29 is 19.2 Å². The van der Waals surface area contributed by atoms with E-state index in [9.17, 15) is 9.18 Å². The lowest BCUT2D eigenvalue weighted by Crippen LogP contribution is -2.33. The third-order valence-corrected chi connectivity index (χ3v) is 2.57. The maximum atomic E-state index is 13.5. The number of anilines is 1. The second-order valence-corrected chi connectivity index (χ2v) is 3.93. The van der Waals surface area contributed by atoms with Crippen LogP contribution in [0.4, 0.5) is 10.1 Å². The zero-order valence-corrected chi connectivity index (χ0v) is 9.88. The van der Waals surface area contributed by atoms with Crippen molar-refractivity contribution in [3.8, 4) is 0 Å². The Labute approximate surface area is 109 Å². The van der Waals surface area contributed by atoms with Crippen LogP contribution in [0.1, 0.15) is 10.4 Å². The molecule has 1 amide bonds. The number of carbonyl (C=O) groups is 1. The summed E-state index contributed by atoms with van der Waals surface area (Å²) < 4.78 is 13.5. The first-order valence-corrected chi connectivity index (χ1v) is 5.60. The second-order valence-electron chi connectivity index (χ2n) is 3.93. The summed E-state index contributed by atoms with van der Waals surface area (Å²) in [5.41, 5.74) is 0.432. The van der Waals surface area contributed by atoms with Crippen LogP contribution in [0.3, 0.4) is 0 Å². The Hall–Kier alpha value is -2.18. The molecule has 2 aromatic rings. The monoisotopic (exact) mass is 259 g/mol. The van der Waals surface area contributed by atoms with Crippen LogP contribution in [-0.4, -0.2) is 23.1 Å². The fourth-order valence-electron chi connectivity index (χ4n) is 1.60. The first kappa shape index (κ1) is 13.3. The van der Waals surface area contributed by atoms with Crippen molar-refractivity contribution in [3.05, 3.63) is 59.9 Å². The van der Waals surface area contributed by atoms with E-state index in [0.717, 1.165) is 6.07 Å². The number of halogens is 1. The predicted octanol–water partition coefficient (Wildman–Crippen LogP) is 0.758. The zero-order valence-electron chi connectivity index (χ0n) is 9.88. The van der Waals surface area contributed by atoms with Gasteiger partial charge < -0.3 is 15.4 Å². The average Bonchev–Trinajstić information content (AvgIpc) is 2.39. The number of carbonyl (C=O) groups excluding carboxylic acids is 1. The molecular formula is C13H11BFNO3. The molecule has 0 spiro atoms. The van der Waals surface area contributed by atoms with Crippen molar-refractivity contribution in [3.63, 3.8) is 0 Å². The Morgan fingerprint density at radius 1 is 1.11 bits per heavy atom. The van der Waals surface area contributed by atoms with E-state index in [-0.39, 0.29) is 11.0 Å². The van der Waals surface area contributed by atoms with Gasteiger partial charge in [-0.05, 0) is 24.3 Å². The molecule has 6 heteroatoms. The number of para-hydroxylation sites is 1. The molecule has 3 N–H and O–H groups in total. The summed E-state index contributed by atoms with van der Waals surface area (Å²) in [5, 5.41) is 20.4. The lowest BCUT2D eigenvalue weighted by Gasteiger charge is -2.07. The van der Waals surface area contributed by atoms with Gasteiger partial charge in [-0.2, -0.15) is 0 Å². The molecule has 0 radical (unpaired) electrons. The third kappa shape index (κ3) is 3.18. The standard InChI is InChI=1S/C13H11BFNO3/c15-12-8-9(6-7-11(12)14(18)19)13(17)16-10-4-2-1-3-5-10/h1-8,18-19H,(H,16,17). The van der Waals surface area contributed by atoms with Crippen molar-refractivity contribution in [1.82, 2.24) is 0 Å². The molecule has 19 heavy (non-hydrogen) atoms. The van der Waals surface area contributed by atoms with E-state index in [0.29, 0.717) is 5.69 Å². The topological polar surface area (TPSA) is 69.6 Å². The van der Waals surface area contributed by atoms with Crippen LogP contribution in [0, 0.1) is 5.82 Å². The molecule has 0 aliphatic rings. The SMILES string of the molecule is O=C(Nc1ccccc1)c1ccc(B(O)O)c(F)c1. The summed E-state index contributed by atoms with van der Waals surface area (Å²) in [7, 11) is -1.90. The summed E-state index contributed by atoms with van der Waals surface area (Å²) in [6.07, 6.45) is 0. The zero-order chi connectivity index (χ0) is 13.8. The van der Waals surface area contributed by atoms with Crippen molar-refractivity contribution in [2.24, 2.45) is 0 Å². The third-order valence-electron chi connectivity index (χ3n) is 2.57. The summed E-state index contributed by atoms with van der Waals surface area (Å²) in [6.45, 7) is 0. The summed E-state index contributed by atoms with van der Waals surface area (Å²) in [4.78, 5) is 11.8. The highest BCUT2D eigenvalue weighted by atomic mass is 19.1. The Bertz CT molecular complexity index is 590. The first-order chi connectivity index (χ1) is 9.08. The van der Waals surface area contributed by atoms with Gasteiger partial charge in [0.25, 0.3) is 5.91 Å². The molecule has 0 heterocycles. The average molecular weight is 259 g/mol. The first-order valence-electron chi connectivity index (χ1n) is 5.60. The summed E-state index contributed by atoms with van der Waals surface area (Å²) >= 11 is 0. The summed E-state index contributed by atoms with van der Waals surface area (Å²) in [5.74, 6) is -1.31. The minimum atomic E-state index is -1.90. The van der Waals surface area contributed by atoms with Gasteiger partial charge in [0.2, 0.25) is 0 Å². The van der Waals surface area contributed by atoms with E-state index < -0.39 is 18.8 Å². The largest absolute Gasteiger partial charge is 0.491 e. The molecule has 4 nitrogen and oxygen atoms in total. The van der Waals surface area contributed by atoms with Gasteiger partial charge in [-0.3, -0.25) is 4.79 Å².